The summed E-state index contributed by atoms with van der Waals surface area (Å²) in [4.78, 5) is 12.4. The van der Waals surface area contributed by atoms with Crippen LogP contribution in [0.5, 0.6) is 11.5 Å². The second-order valence-electron chi connectivity index (χ2n) is 5.93. The molecule has 126 valence electrons. The fourth-order valence-electron chi connectivity index (χ4n) is 2.70. The van der Waals surface area contributed by atoms with Crippen molar-refractivity contribution >= 4 is 16.6 Å². The van der Waals surface area contributed by atoms with Crippen LogP contribution in [0.25, 0.3) is 10.9 Å². The minimum atomic E-state index is -0.341. The molecule has 0 radical (unpaired) electrons. The van der Waals surface area contributed by atoms with Gasteiger partial charge in [-0.2, -0.15) is 0 Å². The Morgan fingerprint density at radius 1 is 1.17 bits per heavy atom. The number of ether oxygens (including phenoxy) is 1. The zero-order valence-electron chi connectivity index (χ0n) is 14.0. The predicted octanol–water partition coefficient (Wildman–Crippen LogP) is 3.57. The topological polar surface area (TPSA) is 77.5 Å². The van der Waals surface area contributed by atoms with Gasteiger partial charge in [-0.05, 0) is 24.6 Å². The highest BCUT2D eigenvalue weighted by molar-refractivity contribution is 5.89. The number of aromatic nitrogens is 1. The molecule has 0 atom stereocenters. The standard InChI is InChI=1S/C18H26N2O3/c1-3-4-5-6-7-8-11-23-17-16(21)14-10-9-13(19)12-15(14)20(2)18(17)22/h9-10,12,21H,3-8,11,19H2,1-2H3. The summed E-state index contributed by atoms with van der Waals surface area (Å²) in [7, 11) is 1.65. The number of benzene rings is 1. The summed E-state index contributed by atoms with van der Waals surface area (Å²) in [6.07, 6.45) is 6.86. The lowest BCUT2D eigenvalue weighted by molar-refractivity contribution is 0.284. The van der Waals surface area contributed by atoms with Crippen LogP contribution in [0.3, 0.4) is 0 Å². The zero-order valence-corrected chi connectivity index (χ0v) is 14.0. The molecule has 0 fully saturated rings. The Morgan fingerprint density at radius 2 is 1.87 bits per heavy atom. The average molecular weight is 318 g/mol. The molecule has 5 heteroatoms. The molecule has 23 heavy (non-hydrogen) atoms. The van der Waals surface area contributed by atoms with Gasteiger partial charge in [-0.1, -0.05) is 39.0 Å². The van der Waals surface area contributed by atoms with Crippen LogP contribution in [0.2, 0.25) is 0 Å². The maximum absolute atomic E-state index is 12.4. The first-order chi connectivity index (χ1) is 11.1. The highest BCUT2D eigenvalue weighted by Gasteiger charge is 2.16. The van der Waals surface area contributed by atoms with Gasteiger partial charge in [0.2, 0.25) is 5.75 Å². The summed E-state index contributed by atoms with van der Waals surface area (Å²) in [6.45, 7) is 2.63. The molecule has 0 bridgehead atoms. The van der Waals surface area contributed by atoms with Gasteiger partial charge in [0.05, 0.1) is 12.1 Å². The van der Waals surface area contributed by atoms with Gasteiger partial charge in [-0.3, -0.25) is 4.79 Å². The SMILES string of the molecule is CCCCCCCCOc1c(O)c2ccc(N)cc2n(C)c1=O. The molecular formula is C18H26N2O3. The van der Waals surface area contributed by atoms with E-state index >= 15 is 0 Å². The molecular weight excluding hydrogens is 292 g/mol. The predicted molar refractivity (Wildman–Crippen MR) is 94.1 cm³/mol. The van der Waals surface area contributed by atoms with Crippen molar-refractivity contribution in [3.05, 3.63) is 28.6 Å². The summed E-state index contributed by atoms with van der Waals surface area (Å²) in [5, 5.41) is 10.9. The van der Waals surface area contributed by atoms with E-state index in [1.807, 2.05) is 0 Å². The van der Waals surface area contributed by atoms with Crippen LogP contribution < -0.4 is 16.0 Å². The number of unbranched alkanes of at least 4 members (excludes halogenated alkanes) is 5. The lowest BCUT2D eigenvalue weighted by Gasteiger charge is -2.13. The van der Waals surface area contributed by atoms with Gasteiger partial charge < -0.3 is 20.1 Å². The summed E-state index contributed by atoms with van der Waals surface area (Å²) >= 11 is 0. The number of nitrogens with zero attached hydrogens (tertiary/aromatic N) is 1. The quantitative estimate of drug-likeness (QED) is 0.576. The van der Waals surface area contributed by atoms with E-state index < -0.39 is 0 Å². The van der Waals surface area contributed by atoms with Crippen molar-refractivity contribution in [3.63, 3.8) is 0 Å². The van der Waals surface area contributed by atoms with E-state index in [9.17, 15) is 9.90 Å². The molecule has 5 nitrogen and oxygen atoms in total. The van der Waals surface area contributed by atoms with Gasteiger partial charge in [-0.15, -0.1) is 0 Å². The minimum absolute atomic E-state index is 0.0262. The summed E-state index contributed by atoms with van der Waals surface area (Å²) < 4.78 is 7.04. The molecule has 0 saturated carbocycles. The number of pyridine rings is 1. The van der Waals surface area contributed by atoms with Gasteiger partial charge >= 0.3 is 0 Å². The van der Waals surface area contributed by atoms with Gasteiger partial charge in [-0.25, -0.2) is 0 Å². The van der Waals surface area contributed by atoms with E-state index in [2.05, 4.69) is 6.92 Å². The molecule has 0 aliphatic heterocycles. The van der Waals surface area contributed by atoms with E-state index in [-0.39, 0.29) is 17.1 Å². The second-order valence-corrected chi connectivity index (χ2v) is 5.93. The molecule has 0 aliphatic carbocycles. The first-order valence-electron chi connectivity index (χ1n) is 8.30. The van der Waals surface area contributed by atoms with Crippen LogP contribution in [0.15, 0.2) is 23.0 Å². The summed E-state index contributed by atoms with van der Waals surface area (Å²) in [6, 6.07) is 5.08. The Kier molecular flexibility index (Phi) is 5.90. The number of aryl methyl sites for hydroxylation is 1. The van der Waals surface area contributed by atoms with Crippen LogP contribution in [0, 0.1) is 0 Å². The number of hydrogen-bond acceptors (Lipinski definition) is 4. The first kappa shape index (κ1) is 17.2. The Hall–Kier alpha value is -2.17. The third-order valence-corrected chi connectivity index (χ3v) is 4.10. The van der Waals surface area contributed by atoms with Gasteiger partial charge in [0.1, 0.15) is 0 Å². The van der Waals surface area contributed by atoms with E-state index in [1.54, 1.807) is 25.2 Å². The Balaban J connectivity index is 2.09. The molecule has 1 heterocycles. The van der Waals surface area contributed by atoms with E-state index in [0.29, 0.717) is 23.2 Å². The number of fused-ring (bicyclic) bond motifs is 1. The van der Waals surface area contributed by atoms with Crippen molar-refractivity contribution in [2.24, 2.45) is 7.05 Å². The average Bonchev–Trinajstić information content (AvgIpc) is 2.54. The molecule has 0 saturated heterocycles. The third-order valence-electron chi connectivity index (χ3n) is 4.10. The number of aromatic hydroxyl groups is 1. The number of hydrogen-bond donors (Lipinski definition) is 2. The number of nitrogens with two attached hydrogens (primary N) is 1. The van der Waals surface area contributed by atoms with Crippen molar-refractivity contribution in [1.29, 1.82) is 0 Å². The van der Waals surface area contributed by atoms with Crippen molar-refractivity contribution in [2.75, 3.05) is 12.3 Å². The van der Waals surface area contributed by atoms with Crippen LogP contribution in [-0.4, -0.2) is 16.3 Å². The normalized spacial score (nSPS) is 11.0. The highest BCUT2D eigenvalue weighted by atomic mass is 16.5. The summed E-state index contributed by atoms with van der Waals surface area (Å²) in [5.41, 5.74) is 6.56. The van der Waals surface area contributed by atoms with Crippen molar-refractivity contribution in [1.82, 2.24) is 4.57 Å². The molecule has 2 rings (SSSR count). The first-order valence-corrected chi connectivity index (χ1v) is 8.30. The lowest BCUT2D eigenvalue weighted by Crippen LogP contribution is -2.20. The molecule has 0 unspecified atom stereocenters. The zero-order chi connectivity index (χ0) is 16.8. The smallest absolute Gasteiger partial charge is 0.297 e. The molecule has 0 spiro atoms. The molecule has 1 aromatic heterocycles. The number of anilines is 1. The van der Waals surface area contributed by atoms with Crippen LogP contribution >= 0.6 is 0 Å². The number of nitrogen functional groups attached to an aromatic ring is 1. The fourth-order valence-corrected chi connectivity index (χ4v) is 2.70. The van der Waals surface area contributed by atoms with E-state index in [1.165, 1.54) is 30.3 Å². The Morgan fingerprint density at radius 3 is 2.61 bits per heavy atom. The summed E-state index contributed by atoms with van der Waals surface area (Å²) in [5.74, 6) is -0.0765. The molecule has 2 aromatic rings. The van der Waals surface area contributed by atoms with Crippen molar-refractivity contribution in [3.8, 4) is 11.5 Å². The van der Waals surface area contributed by atoms with E-state index in [0.717, 1.165) is 12.8 Å². The molecule has 0 amide bonds. The second kappa shape index (κ2) is 7.90. The molecule has 1 aromatic carbocycles. The molecule has 0 aliphatic rings. The fraction of sp³-hybridized carbons (Fsp3) is 0.500. The monoisotopic (exact) mass is 318 g/mol. The van der Waals surface area contributed by atoms with Crippen molar-refractivity contribution < 1.29 is 9.84 Å². The largest absolute Gasteiger partial charge is 0.504 e. The van der Waals surface area contributed by atoms with Crippen LogP contribution in [-0.2, 0) is 7.05 Å². The number of rotatable bonds is 8. The Bertz CT molecular complexity index is 722. The van der Waals surface area contributed by atoms with Gasteiger partial charge in [0.25, 0.3) is 5.56 Å². The lowest BCUT2D eigenvalue weighted by atomic mass is 10.1. The maximum Gasteiger partial charge on any atom is 0.297 e. The Labute approximate surface area is 136 Å². The van der Waals surface area contributed by atoms with Gasteiger partial charge in [0, 0.05) is 18.1 Å². The highest BCUT2D eigenvalue weighted by Crippen LogP contribution is 2.32. The van der Waals surface area contributed by atoms with Crippen LogP contribution in [0.4, 0.5) is 5.69 Å². The maximum atomic E-state index is 12.4. The third kappa shape index (κ3) is 3.97. The molecule has 3 N–H and O–H groups in total. The van der Waals surface area contributed by atoms with Crippen LogP contribution in [0.1, 0.15) is 45.4 Å². The van der Waals surface area contributed by atoms with Gasteiger partial charge in [0.15, 0.2) is 5.75 Å². The minimum Gasteiger partial charge on any atom is -0.504 e. The van der Waals surface area contributed by atoms with Crippen molar-refractivity contribution in [2.45, 2.75) is 45.4 Å². The van der Waals surface area contributed by atoms with E-state index in [4.69, 9.17) is 10.5 Å².